The van der Waals surface area contributed by atoms with Crippen molar-refractivity contribution in [3.05, 3.63) is 24.5 Å². The van der Waals surface area contributed by atoms with E-state index in [1.165, 1.54) is 173 Å². The smallest absolute Gasteiger partial charge is 0.472 e. The third kappa shape index (κ3) is 42.0. The molecule has 3 N–H and O–H groups in total. The summed E-state index contributed by atoms with van der Waals surface area (Å²) in [6, 6.07) is 0. The van der Waals surface area contributed by atoms with Crippen molar-refractivity contribution < 1.29 is 32.8 Å². The van der Waals surface area contributed by atoms with E-state index >= 15 is 0 Å². The molecule has 0 aromatic rings. The summed E-state index contributed by atoms with van der Waals surface area (Å²) >= 11 is 0. The molecule has 0 bridgehead atoms. The van der Waals surface area contributed by atoms with Crippen LogP contribution >= 0.6 is 7.82 Å². The number of hydrogen-bond donors (Lipinski definition) is 2. The van der Waals surface area contributed by atoms with Crippen LogP contribution in [0.15, 0.2) is 24.5 Å². The van der Waals surface area contributed by atoms with Crippen LogP contribution in [0.5, 0.6) is 0 Å². The van der Waals surface area contributed by atoms with E-state index in [9.17, 15) is 14.3 Å². The number of hydrogen-bond acceptors (Lipinski definition) is 7. The van der Waals surface area contributed by atoms with Gasteiger partial charge in [0.15, 0.2) is 6.10 Å². The van der Waals surface area contributed by atoms with E-state index < -0.39 is 13.9 Å². The van der Waals surface area contributed by atoms with Gasteiger partial charge in [-0.05, 0) is 51.0 Å². The maximum absolute atomic E-state index is 12.4. The van der Waals surface area contributed by atoms with E-state index in [1.54, 1.807) is 6.26 Å². The van der Waals surface area contributed by atoms with Crippen molar-refractivity contribution in [1.82, 2.24) is 0 Å². The lowest BCUT2D eigenvalue weighted by Gasteiger charge is -2.19. The molecule has 0 aliphatic rings. The minimum atomic E-state index is -4.27. The zero-order chi connectivity index (χ0) is 39.5. The maximum atomic E-state index is 12.4. The van der Waals surface area contributed by atoms with Crippen molar-refractivity contribution in [3.63, 3.8) is 0 Å². The first-order valence-electron chi connectivity index (χ1n) is 22.9. The molecule has 0 radical (unpaired) electrons. The highest BCUT2D eigenvalue weighted by Gasteiger charge is 2.24. The maximum Gasteiger partial charge on any atom is 0.472 e. The molecule has 0 heterocycles. The Morgan fingerprint density at radius 2 is 0.944 bits per heavy atom. The van der Waals surface area contributed by atoms with Crippen molar-refractivity contribution in [2.24, 2.45) is 5.73 Å². The quantitative estimate of drug-likeness (QED) is 0.0206. The fraction of sp³-hybridized carbons (Fsp3) is 0.889. The highest BCUT2D eigenvalue weighted by Crippen LogP contribution is 2.43. The van der Waals surface area contributed by atoms with Gasteiger partial charge in [-0.3, -0.25) is 13.8 Å². The molecule has 0 fully saturated rings. The van der Waals surface area contributed by atoms with Gasteiger partial charge < -0.3 is 20.1 Å². The molecule has 0 saturated carbocycles. The average Bonchev–Trinajstić information content (AvgIpc) is 3.16. The molecule has 0 aromatic heterocycles. The van der Waals surface area contributed by atoms with Crippen molar-refractivity contribution in [2.75, 3.05) is 26.4 Å². The summed E-state index contributed by atoms with van der Waals surface area (Å²) in [4.78, 5) is 22.3. The van der Waals surface area contributed by atoms with Gasteiger partial charge in [-0.1, -0.05) is 187 Å². The third-order valence-corrected chi connectivity index (χ3v) is 10.9. The standard InChI is InChI=1S/C45H88NO7P/c1-3-5-7-9-11-13-15-17-19-21-22-23-24-26-28-30-32-34-36-38-45(47)51-42-44(43-53-54(48,49)52-41-39-46)50-40-37-35-33-31-29-27-25-20-18-16-14-12-10-8-6-4-2/h14,16,37,40,44H,3-13,15,17-36,38-39,41-43,46H2,1-2H3,(H,48,49)/b16-14-,40-37-/t44-/m1/s1. The number of unbranched alkanes of at least 4 members (excludes halogenated alkanes) is 29. The molecule has 0 aliphatic heterocycles. The minimum Gasteiger partial charge on any atom is -0.492 e. The Labute approximate surface area is 334 Å². The molecule has 1 unspecified atom stereocenters. The number of allylic oxidation sites excluding steroid dienone is 3. The van der Waals surface area contributed by atoms with Gasteiger partial charge >= 0.3 is 13.8 Å². The van der Waals surface area contributed by atoms with Crippen LogP contribution in [-0.4, -0.2) is 43.3 Å². The highest BCUT2D eigenvalue weighted by atomic mass is 31.2. The van der Waals surface area contributed by atoms with Crippen LogP contribution in [0, 0.1) is 0 Å². The largest absolute Gasteiger partial charge is 0.492 e. The lowest BCUT2D eigenvalue weighted by molar-refractivity contribution is -0.147. The summed E-state index contributed by atoms with van der Waals surface area (Å²) in [6.07, 6.45) is 48.7. The molecule has 0 aliphatic carbocycles. The van der Waals surface area contributed by atoms with E-state index in [1.807, 2.05) is 6.08 Å². The first-order chi connectivity index (χ1) is 26.4. The van der Waals surface area contributed by atoms with Gasteiger partial charge in [0.2, 0.25) is 0 Å². The van der Waals surface area contributed by atoms with Crippen LogP contribution in [-0.2, 0) is 27.9 Å². The van der Waals surface area contributed by atoms with Gasteiger partial charge in [-0.2, -0.15) is 0 Å². The number of carbonyl (C=O) groups excluding carboxylic acids is 1. The molecule has 0 saturated heterocycles. The van der Waals surface area contributed by atoms with Crippen LogP contribution in [0.1, 0.15) is 226 Å². The molecular formula is C45H88NO7P. The number of carbonyl (C=O) groups is 1. The number of esters is 1. The molecule has 0 aromatic carbocycles. The minimum absolute atomic E-state index is 0.0623. The summed E-state index contributed by atoms with van der Waals surface area (Å²) < 4.78 is 33.2. The fourth-order valence-corrected chi connectivity index (χ4v) is 7.27. The van der Waals surface area contributed by atoms with Crippen LogP contribution in [0.4, 0.5) is 0 Å². The van der Waals surface area contributed by atoms with Gasteiger partial charge in [0, 0.05) is 13.0 Å². The van der Waals surface area contributed by atoms with Crippen molar-refractivity contribution in [2.45, 2.75) is 232 Å². The Balaban J connectivity index is 4.00. The predicted octanol–water partition coefficient (Wildman–Crippen LogP) is 14.0. The summed E-state index contributed by atoms with van der Waals surface area (Å²) in [5.41, 5.74) is 5.37. The van der Waals surface area contributed by atoms with E-state index in [-0.39, 0.29) is 32.3 Å². The van der Waals surface area contributed by atoms with Crippen LogP contribution in [0.2, 0.25) is 0 Å². The van der Waals surface area contributed by atoms with Crippen molar-refractivity contribution in [3.8, 4) is 0 Å². The molecule has 2 atom stereocenters. The van der Waals surface area contributed by atoms with E-state index in [0.29, 0.717) is 6.42 Å². The second-order valence-corrected chi connectivity index (χ2v) is 16.8. The summed E-state index contributed by atoms with van der Waals surface area (Å²) in [5, 5.41) is 0. The van der Waals surface area contributed by atoms with Gasteiger partial charge in [0.05, 0.1) is 19.5 Å². The molecule has 9 heteroatoms. The van der Waals surface area contributed by atoms with Gasteiger partial charge in [0.1, 0.15) is 6.61 Å². The SMILES string of the molecule is CCCCCC/C=C\CCCCCCCC/C=C\O[C@H](COC(=O)CCCCCCCCCCCCCCCCCCCCC)COP(=O)(O)OCCN. The molecule has 54 heavy (non-hydrogen) atoms. The van der Waals surface area contributed by atoms with Crippen LogP contribution in [0.3, 0.4) is 0 Å². The first kappa shape index (κ1) is 52.8. The molecule has 0 rings (SSSR count). The number of phosphoric acid groups is 1. The van der Waals surface area contributed by atoms with Crippen molar-refractivity contribution >= 4 is 13.8 Å². The Morgan fingerprint density at radius 1 is 0.556 bits per heavy atom. The Kier molecular flexibility index (Phi) is 42.0. The van der Waals surface area contributed by atoms with E-state index in [0.717, 1.165) is 32.1 Å². The first-order valence-corrected chi connectivity index (χ1v) is 24.4. The summed E-state index contributed by atoms with van der Waals surface area (Å²) in [7, 11) is -4.27. The normalized spacial score (nSPS) is 13.6. The van der Waals surface area contributed by atoms with E-state index in [2.05, 4.69) is 26.0 Å². The van der Waals surface area contributed by atoms with Crippen LogP contribution < -0.4 is 5.73 Å². The second kappa shape index (κ2) is 43.0. The molecule has 320 valence electrons. The zero-order valence-electron chi connectivity index (χ0n) is 35.5. The average molecular weight is 786 g/mol. The molecule has 0 spiro atoms. The third-order valence-electron chi connectivity index (χ3n) is 9.96. The number of ether oxygens (including phenoxy) is 2. The van der Waals surface area contributed by atoms with Gasteiger partial charge in [-0.15, -0.1) is 0 Å². The Hall–Kier alpha value is -1.18. The fourth-order valence-electron chi connectivity index (χ4n) is 6.51. The monoisotopic (exact) mass is 786 g/mol. The van der Waals surface area contributed by atoms with E-state index in [4.69, 9.17) is 24.3 Å². The zero-order valence-corrected chi connectivity index (χ0v) is 36.4. The lowest BCUT2D eigenvalue weighted by atomic mass is 10.0. The van der Waals surface area contributed by atoms with Crippen LogP contribution in [0.25, 0.3) is 0 Å². The Bertz CT molecular complexity index is 884. The summed E-state index contributed by atoms with van der Waals surface area (Å²) in [6.45, 7) is 4.23. The molecule has 8 nitrogen and oxygen atoms in total. The molecule has 0 amide bonds. The lowest BCUT2D eigenvalue weighted by Crippen LogP contribution is -2.25. The topological polar surface area (TPSA) is 117 Å². The predicted molar refractivity (Wildman–Crippen MR) is 229 cm³/mol. The summed E-state index contributed by atoms with van der Waals surface area (Å²) in [5.74, 6) is -0.287. The number of rotatable bonds is 44. The Morgan fingerprint density at radius 3 is 1.39 bits per heavy atom. The second-order valence-electron chi connectivity index (χ2n) is 15.3. The van der Waals surface area contributed by atoms with Crippen molar-refractivity contribution in [1.29, 1.82) is 0 Å². The highest BCUT2D eigenvalue weighted by molar-refractivity contribution is 7.47. The molecular weight excluding hydrogens is 697 g/mol. The number of nitrogens with two attached hydrogens (primary N) is 1. The van der Waals surface area contributed by atoms with Gasteiger partial charge in [0.25, 0.3) is 0 Å². The van der Waals surface area contributed by atoms with Gasteiger partial charge in [-0.25, -0.2) is 4.57 Å². The number of phosphoric ester groups is 1.